The molecule has 1 aromatic rings. The SMILES string of the molecule is CCOC(=O)[C@@H]1CC2(CC(F)(F)C2)C[N+]1(Cc1ccccc1)C(=O)[O-]. The third-order valence-corrected chi connectivity index (χ3v) is 5.34. The standard InChI is InChI=1S/C18H21F2NO4/c1-2-25-15(22)14-8-17(10-18(19,20)11-17)12-21(14,16(23)24)9-13-6-4-3-5-7-13/h3-7,14H,2,8-12H2,1H3/t14-,21?/m0/s1. The molecule has 2 aliphatic rings. The number of benzene rings is 1. The minimum atomic E-state index is -2.79. The maximum Gasteiger partial charge on any atom is 0.365 e. The van der Waals surface area contributed by atoms with E-state index in [0.717, 1.165) is 0 Å². The number of hydrogen-bond donors (Lipinski definition) is 0. The fourth-order valence-corrected chi connectivity index (χ4v) is 4.52. The van der Waals surface area contributed by atoms with Gasteiger partial charge in [-0.15, -0.1) is 0 Å². The molecule has 0 N–H and O–H groups in total. The van der Waals surface area contributed by atoms with Crippen molar-refractivity contribution >= 4 is 12.1 Å². The van der Waals surface area contributed by atoms with Crippen LogP contribution in [0.4, 0.5) is 13.6 Å². The van der Waals surface area contributed by atoms with Crippen LogP contribution in [0.1, 0.15) is 31.7 Å². The number of carbonyl (C=O) groups is 2. The summed E-state index contributed by atoms with van der Waals surface area (Å²) in [7, 11) is 0. The van der Waals surface area contributed by atoms with Crippen molar-refractivity contribution in [3.8, 4) is 0 Å². The lowest BCUT2D eigenvalue weighted by Gasteiger charge is -2.45. The van der Waals surface area contributed by atoms with Gasteiger partial charge in [-0.05, 0) is 6.92 Å². The Kier molecular flexibility index (Phi) is 4.31. The van der Waals surface area contributed by atoms with E-state index < -0.39 is 46.8 Å². The van der Waals surface area contributed by atoms with Gasteiger partial charge in [0.25, 0.3) is 6.09 Å². The summed E-state index contributed by atoms with van der Waals surface area (Å²) in [4.78, 5) is 24.5. The largest absolute Gasteiger partial charge is 0.498 e. The number of hydrogen-bond acceptors (Lipinski definition) is 4. The van der Waals surface area contributed by atoms with Gasteiger partial charge < -0.3 is 14.6 Å². The number of rotatable bonds is 4. The average Bonchev–Trinajstić information content (AvgIpc) is 2.83. The zero-order valence-electron chi connectivity index (χ0n) is 14.0. The molecule has 1 saturated carbocycles. The number of esters is 1. The molecule has 2 fully saturated rings. The Balaban J connectivity index is 1.96. The van der Waals surface area contributed by atoms with Crippen molar-refractivity contribution < 1.29 is 32.7 Å². The molecular formula is C18H21F2NO4. The van der Waals surface area contributed by atoms with Crippen molar-refractivity contribution in [3.63, 3.8) is 0 Å². The van der Waals surface area contributed by atoms with Crippen LogP contribution in [-0.4, -0.2) is 41.7 Å². The summed E-state index contributed by atoms with van der Waals surface area (Å²) in [6, 6.07) is 7.82. The highest BCUT2D eigenvalue weighted by molar-refractivity contribution is 5.77. The summed E-state index contributed by atoms with van der Waals surface area (Å²) in [5.41, 5.74) is -0.139. The van der Waals surface area contributed by atoms with E-state index in [2.05, 4.69) is 0 Å². The number of ether oxygens (including phenoxy) is 1. The lowest BCUT2D eigenvalue weighted by atomic mass is 9.65. The molecule has 1 amide bonds. The molecule has 1 aromatic carbocycles. The molecule has 1 saturated heterocycles. The first-order valence-electron chi connectivity index (χ1n) is 8.39. The van der Waals surface area contributed by atoms with Gasteiger partial charge in [0.15, 0.2) is 6.04 Å². The predicted molar refractivity (Wildman–Crippen MR) is 82.3 cm³/mol. The average molecular weight is 353 g/mol. The second-order valence-corrected chi connectivity index (χ2v) is 7.28. The summed E-state index contributed by atoms with van der Waals surface area (Å²) in [5, 5.41) is 12.1. The maximum atomic E-state index is 13.5. The molecule has 0 aromatic heterocycles. The molecule has 1 unspecified atom stereocenters. The van der Waals surface area contributed by atoms with Crippen LogP contribution in [0.5, 0.6) is 0 Å². The summed E-state index contributed by atoms with van der Waals surface area (Å²) < 4.78 is 31.4. The zero-order valence-corrected chi connectivity index (χ0v) is 14.0. The number of carboxylic acid groups (broad SMARTS) is 1. The Hall–Kier alpha value is -2.02. The Morgan fingerprint density at radius 2 is 1.92 bits per heavy atom. The van der Waals surface area contributed by atoms with Gasteiger partial charge in [0, 0.05) is 30.2 Å². The molecule has 1 aliphatic heterocycles. The van der Waals surface area contributed by atoms with Crippen molar-refractivity contribution in [2.24, 2.45) is 5.41 Å². The van der Waals surface area contributed by atoms with Crippen LogP contribution in [0.2, 0.25) is 0 Å². The molecule has 1 aliphatic carbocycles. The van der Waals surface area contributed by atoms with Gasteiger partial charge >= 0.3 is 5.97 Å². The van der Waals surface area contributed by atoms with Crippen LogP contribution in [0.25, 0.3) is 0 Å². The minimum Gasteiger partial charge on any atom is -0.498 e. The Bertz CT molecular complexity index is 671. The molecule has 0 bridgehead atoms. The topological polar surface area (TPSA) is 66.4 Å². The Morgan fingerprint density at radius 3 is 2.44 bits per heavy atom. The normalized spacial score (nSPS) is 29.2. The molecular weight excluding hydrogens is 332 g/mol. The number of likely N-dealkylation sites (tertiary alicyclic amines) is 1. The molecule has 1 spiro atoms. The predicted octanol–water partition coefficient (Wildman–Crippen LogP) is 2.10. The summed E-state index contributed by atoms with van der Waals surface area (Å²) in [6.07, 6.45) is -2.12. The van der Waals surface area contributed by atoms with E-state index >= 15 is 0 Å². The highest BCUT2D eigenvalue weighted by Gasteiger charge is 2.68. The molecule has 5 nitrogen and oxygen atoms in total. The van der Waals surface area contributed by atoms with Crippen LogP contribution >= 0.6 is 0 Å². The van der Waals surface area contributed by atoms with Crippen LogP contribution < -0.4 is 5.11 Å². The first kappa shape index (κ1) is 17.8. The van der Waals surface area contributed by atoms with E-state index in [-0.39, 0.29) is 26.1 Å². The van der Waals surface area contributed by atoms with Gasteiger partial charge in [0.2, 0.25) is 5.92 Å². The monoisotopic (exact) mass is 353 g/mol. The fourth-order valence-electron chi connectivity index (χ4n) is 4.52. The Morgan fingerprint density at radius 1 is 1.28 bits per heavy atom. The minimum absolute atomic E-state index is 0.0139. The second-order valence-electron chi connectivity index (χ2n) is 7.28. The number of alkyl halides is 2. The third-order valence-electron chi connectivity index (χ3n) is 5.34. The van der Waals surface area contributed by atoms with Crippen LogP contribution in [0.3, 0.4) is 0 Å². The first-order valence-corrected chi connectivity index (χ1v) is 8.39. The zero-order chi connectivity index (χ0) is 18.3. The van der Waals surface area contributed by atoms with Crippen molar-refractivity contribution in [1.82, 2.24) is 0 Å². The highest BCUT2D eigenvalue weighted by atomic mass is 19.3. The van der Waals surface area contributed by atoms with Crippen LogP contribution in [0.15, 0.2) is 30.3 Å². The van der Waals surface area contributed by atoms with E-state index in [9.17, 15) is 23.5 Å². The van der Waals surface area contributed by atoms with Gasteiger partial charge in [-0.3, -0.25) is 4.48 Å². The van der Waals surface area contributed by atoms with Crippen LogP contribution in [0, 0.1) is 5.41 Å². The molecule has 7 heteroatoms. The van der Waals surface area contributed by atoms with Gasteiger partial charge in [-0.2, -0.15) is 0 Å². The first-order chi connectivity index (χ1) is 11.7. The van der Waals surface area contributed by atoms with E-state index in [1.165, 1.54) is 0 Å². The fraction of sp³-hybridized carbons (Fsp3) is 0.556. The molecule has 25 heavy (non-hydrogen) atoms. The Labute approximate surface area is 144 Å². The van der Waals surface area contributed by atoms with Crippen molar-refractivity contribution in [2.45, 2.75) is 44.7 Å². The lowest BCUT2D eigenvalue weighted by molar-refractivity contribution is -0.895. The van der Waals surface area contributed by atoms with Gasteiger partial charge in [0.05, 0.1) is 13.2 Å². The quantitative estimate of drug-likeness (QED) is 0.614. The van der Waals surface area contributed by atoms with E-state index in [1.807, 2.05) is 0 Å². The number of amides is 1. The van der Waals surface area contributed by atoms with E-state index in [1.54, 1.807) is 37.3 Å². The van der Waals surface area contributed by atoms with Gasteiger partial charge in [-0.25, -0.2) is 13.6 Å². The molecule has 0 radical (unpaired) electrons. The number of quaternary nitrogens is 1. The summed E-state index contributed by atoms with van der Waals surface area (Å²) in [5.74, 6) is -3.45. The number of nitrogens with zero attached hydrogens (tertiary/aromatic N) is 1. The molecule has 2 atom stereocenters. The van der Waals surface area contributed by atoms with E-state index in [0.29, 0.717) is 5.56 Å². The highest BCUT2D eigenvalue weighted by Crippen LogP contribution is 2.60. The molecule has 1 heterocycles. The second kappa shape index (κ2) is 6.05. The molecule has 136 valence electrons. The van der Waals surface area contributed by atoms with Gasteiger partial charge in [-0.1, -0.05) is 30.3 Å². The van der Waals surface area contributed by atoms with Crippen molar-refractivity contribution in [2.75, 3.05) is 13.2 Å². The number of carbonyl (C=O) groups excluding carboxylic acids is 2. The smallest absolute Gasteiger partial charge is 0.365 e. The lowest BCUT2D eigenvalue weighted by Crippen LogP contribution is -2.64. The maximum absolute atomic E-state index is 13.5. The van der Waals surface area contributed by atoms with E-state index in [4.69, 9.17) is 4.74 Å². The van der Waals surface area contributed by atoms with Crippen molar-refractivity contribution in [1.29, 1.82) is 0 Å². The van der Waals surface area contributed by atoms with Crippen molar-refractivity contribution in [3.05, 3.63) is 35.9 Å². The third kappa shape index (κ3) is 3.13. The van der Waals surface area contributed by atoms with Gasteiger partial charge in [0.1, 0.15) is 6.54 Å². The summed E-state index contributed by atoms with van der Waals surface area (Å²) >= 11 is 0. The van der Waals surface area contributed by atoms with Crippen LogP contribution in [-0.2, 0) is 16.1 Å². The number of halogens is 2. The summed E-state index contributed by atoms with van der Waals surface area (Å²) in [6.45, 7) is 1.71. The molecule has 3 rings (SSSR count).